The molecule has 1 aromatic heterocycles. The standard InChI is InChI=1S/C26H33F3N4O/c1-18-19(24(34)7-5-10-32-14-12-31(2)13-15-32)16-30-23-6-3-4-11-33(26(18)23)17-20-21(27)8-9-22(28)25(20)29/h8-9,16H,3-7,10-15,17H2,1-2H3. The number of carbonyl (C=O) groups is 1. The molecule has 0 atom stereocenters. The van der Waals surface area contributed by atoms with Crippen molar-refractivity contribution in [2.24, 2.45) is 0 Å². The lowest BCUT2D eigenvalue weighted by atomic mass is 9.99. The van der Waals surface area contributed by atoms with Crippen LogP contribution in [0.4, 0.5) is 18.9 Å². The quantitative estimate of drug-likeness (QED) is 0.441. The minimum Gasteiger partial charge on any atom is -0.365 e. The van der Waals surface area contributed by atoms with Crippen molar-refractivity contribution < 1.29 is 18.0 Å². The van der Waals surface area contributed by atoms with E-state index in [4.69, 9.17) is 0 Å². The molecule has 0 radical (unpaired) electrons. The molecule has 0 bridgehead atoms. The van der Waals surface area contributed by atoms with Crippen molar-refractivity contribution >= 4 is 11.5 Å². The molecule has 0 unspecified atom stereocenters. The Hall–Kier alpha value is -2.45. The molecule has 184 valence electrons. The van der Waals surface area contributed by atoms with E-state index in [1.807, 2.05) is 11.8 Å². The molecular weight excluding hydrogens is 441 g/mol. The summed E-state index contributed by atoms with van der Waals surface area (Å²) in [5, 5.41) is 0. The summed E-state index contributed by atoms with van der Waals surface area (Å²) in [7, 11) is 2.12. The first-order valence-corrected chi connectivity index (χ1v) is 12.1. The summed E-state index contributed by atoms with van der Waals surface area (Å²) in [5.41, 5.74) is 2.63. The number of aromatic nitrogens is 1. The minimum absolute atomic E-state index is 0.0363. The lowest BCUT2D eigenvalue weighted by Crippen LogP contribution is -2.44. The molecule has 0 amide bonds. The van der Waals surface area contributed by atoms with Gasteiger partial charge in [-0.15, -0.1) is 0 Å². The Balaban J connectivity index is 1.52. The van der Waals surface area contributed by atoms with Crippen LogP contribution >= 0.6 is 0 Å². The molecule has 4 rings (SSSR count). The summed E-state index contributed by atoms with van der Waals surface area (Å²) in [5.74, 6) is -2.96. The van der Waals surface area contributed by atoms with Crippen LogP contribution in [0.15, 0.2) is 18.3 Å². The van der Waals surface area contributed by atoms with Gasteiger partial charge in [0.15, 0.2) is 17.4 Å². The number of hydrogen-bond acceptors (Lipinski definition) is 5. The molecule has 1 aromatic carbocycles. The molecule has 2 aliphatic rings. The van der Waals surface area contributed by atoms with Gasteiger partial charge in [0.05, 0.1) is 11.4 Å². The number of hydrogen-bond donors (Lipinski definition) is 0. The fraction of sp³-hybridized carbons (Fsp3) is 0.538. The molecule has 0 N–H and O–H groups in total. The van der Waals surface area contributed by atoms with Crippen LogP contribution in [0, 0.1) is 24.4 Å². The van der Waals surface area contributed by atoms with Crippen molar-refractivity contribution in [3.63, 3.8) is 0 Å². The number of rotatable bonds is 7. The topological polar surface area (TPSA) is 39.7 Å². The van der Waals surface area contributed by atoms with Gasteiger partial charge in [0.2, 0.25) is 0 Å². The van der Waals surface area contributed by atoms with Gasteiger partial charge >= 0.3 is 0 Å². The number of likely N-dealkylation sites (N-methyl/N-ethyl adjacent to an activating group) is 1. The first-order valence-electron chi connectivity index (χ1n) is 12.1. The minimum atomic E-state index is -1.16. The average Bonchev–Trinajstić information content (AvgIpc) is 3.03. The Morgan fingerprint density at radius 2 is 1.76 bits per heavy atom. The van der Waals surface area contributed by atoms with Crippen molar-refractivity contribution in [1.82, 2.24) is 14.8 Å². The fourth-order valence-corrected chi connectivity index (χ4v) is 4.97. The van der Waals surface area contributed by atoms with E-state index < -0.39 is 17.5 Å². The number of anilines is 1. The van der Waals surface area contributed by atoms with Crippen molar-refractivity contribution in [1.29, 1.82) is 0 Å². The van der Waals surface area contributed by atoms with Crippen molar-refractivity contribution in [3.8, 4) is 0 Å². The number of Topliss-reactive ketones (excluding diaryl/α,β-unsaturated/α-hetero) is 1. The SMILES string of the molecule is Cc1c(C(=O)CCCN2CCN(C)CC2)cnc2c1N(Cc1c(F)ccc(F)c1F)CCCC2. The van der Waals surface area contributed by atoms with Crippen LogP contribution in [0.1, 0.15) is 52.9 Å². The van der Waals surface area contributed by atoms with Gasteiger partial charge in [-0.25, -0.2) is 13.2 Å². The van der Waals surface area contributed by atoms with Gasteiger partial charge in [-0.05, 0) is 63.9 Å². The molecule has 2 aliphatic heterocycles. The highest BCUT2D eigenvalue weighted by Crippen LogP contribution is 2.33. The van der Waals surface area contributed by atoms with Crippen molar-refractivity contribution in [3.05, 3.63) is 58.2 Å². The molecule has 3 heterocycles. The van der Waals surface area contributed by atoms with E-state index in [-0.39, 0.29) is 17.9 Å². The largest absolute Gasteiger partial charge is 0.365 e. The van der Waals surface area contributed by atoms with Crippen LogP contribution in [0.3, 0.4) is 0 Å². The van der Waals surface area contributed by atoms with Crippen LogP contribution in [0.5, 0.6) is 0 Å². The van der Waals surface area contributed by atoms with E-state index in [0.717, 1.165) is 87.5 Å². The van der Waals surface area contributed by atoms with E-state index in [9.17, 15) is 18.0 Å². The maximum Gasteiger partial charge on any atom is 0.166 e. The van der Waals surface area contributed by atoms with Gasteiger partial charge in [0, 0.05) is 63.0 Å². The number of ketones is 1. The highest BCUT2D eigenvalue weighted by Gasteiger charge is 2.25. The van der Waals surface area contributed by atoms with Gasteiger partial charge in [-0.1, -0.05) is 0 Å². The second-order valence-corrected chi connectivity index (χ2v) is 9.46. The average molecular weight is 475 g/mol. The zero-order valence-electron chi connectivity index (χ0n) is 20.0. The monoisotopic (exact) mass is 474 g/mol. The van der Waals surface area contributed by atoms with Crippen LogP contribution in [-0.2, 0) is 13.0 Å². The third kappa shape index (κ3) is 5.44. The second kappa shape index (κ2) is 10.9. The maximum atomic E-state index is 14.4. The number of carbonyl (C=O) groups excluding carboxylic acids is 1. The first kappa shape index (κ1) is 24.7. The zero-order chi connectivity index (χ0) is 24.2. The van der Waals surface area contributed by atoms with Gasteiger partial charge in [-0.2, -0.15) is 0 Å². The highest BCUT2D eigenvalue weighted by molar-refractivity contribution is 5.98. The number of halogens is 3. The Morgan fingerprint density at radius 3 is 2.53 bits per heavy atom. The number of nitrogens with zero attached hydrogens (tertiary/aromatic N) is 4. The third-order valence-corrected chi connectivity index (χ3v) is 7.05. The number of pyridine rings is 1. The smallest absolute Gasteiger partial charge is 0.166 e. The third-order valence-electron chi connectivity index (χ3n) is 7.05. The van der Waals surface area contributed by atoms with Gasteiger partial charge < -0.3 is 14.7 Å². The maximum absolute atomic E-state index is 14.4. The molecule has 2 aromatic rings. The van der Waals surface area contributed by atoms with E-state index in [1.165, 1.54) is 0 Å². The molecule has 34 heavy (non-hydrogen) atoms. The number of aryl methyl sites for hydroxylation is 1. The lowest BCUT2D eigenvalue weighted by Gasteiger charge is -2.32. The first-order chi connectivity index (χ1) is 16.3. The van der Waals surface area contributed by atoms with E-state index in [1.54, 1.807) is 6.20 Å². The van der Waals surface area contributed by atoms with Gasteiger partial charge in [-0.3, -0.25) is 9.78 Å². The van der Waals surface area contributed by atoms with Crippen LogP contribution in [0.25, 0.3) is 0 Å². The van der Waals surface area contributed by atoms with Gasteiger partial charge in [0.25, 0.3) is 0 Å². The molecule has 5 nitrogen and oxygen atoms in total. The van der Waals surface area contributed by atoms with E-state index in [2.05, 4.69) is 21.8 Å². The molecular formula is C26H33F3N4O. The van der Waals surface area contributed by atoms with Crippen LogP contribution < -0.4 is 4.90 Å². The summed E-state index contributed by atoms with van der Waals surface area (Å²) >= 11 is 0. The van der Waals surface area contributed by atoms with E-state index in [0.29, 0.717) is 18.5 Å². The summed E-state index contributed by atoms with van der Waals surface area (Å²) < 4.78 is 42.6. The van der Waals surface area contributed by atoms with Crippen molar-refractivity contribution in [2.45, 2.75) is 45.6 Å². The molecule has 1 fully saturated rings. The van der Waals surface area contributed by atoms with Crippen LogP contribution in [-0.4, -0.2) is 66.9 Å². The second-order valence-electron chi connectivity index (χ2n) is 9.46. The van der Waals surface area contributed by atoms with Crippen LogP contribution in [0.2, 0.25) is 0 Å². The molecule has 0 spiro atoms. The lowest BCUT2D eigenvalue weighted by molar-refractivity contribution is 0.0966. The Labute approximate surface area is 199 Å². The molecule has 0 saturated carbocycles. The summed E-state index contributed by atoms with van der Waals surface area (Å²) in [6.07, 6.45) is 5.31. The predicted molar refractivity (Wildman–Crippen MR) is 127 cm³/mol. The summed E-state index contributed by atoms with van der Waals surface area (Å²) in [6, 6.07) is 1.76. The number of fused-ring (bicyclic) bond motifs is 1. The van der Waals surface area contributed by atoms with E-state index >= 15 is 0 Å². The molecule has 0 aliphatic carbocycles. The van der Waals surface area contributed by atoms with Gasteiger partial charge in [0.1, 0.15) is 5.82 Å². The number of benzene rings is 1. The molecule has 1 saturated heterocycles. The number of piperazine rings is 1. The Bertz CT molecular complexity index is 1040. The highest BCUT2D eigenvalue weighted by atomic mass is 19.2. The normalized spacial score (nSPS) is 17.5. The fourth-order valence-electron chi connectivity index (χ4n) is 4.97. The Kier molecular flexibility index (Phi) is 7.88. The Morgan fingerprint density at radius 1 is 1.03 bits per heavy atom. The summed E-state index contributed by atoms with van der Waals surface area (Å²) in [6.45, 7) is 7.36. The summed E-state index contributed by atoms with van der Waals surface area (Å²) in [4.78, 5) is 24.2. The molecule has 8 heteroatoms. The predicted octanol–water partition coefficient (Wildman–Crippen LogP) is 4.36. The van der Waals surface area contributed by atoms with Crippen molar-refractivity contribution in [2.75, 3.05) is 51.2 Å². The zero-order valence-corrected chi connectivity index (χ0v) is 20.0.